The SMILES string of the molecule is CCCN(CCC(=O)O)C(=O)c1c(CC)nc2cc(Cl)ccn12. The Kier molecular flexibility index (Phi) is 5.60. The molecule has 0 atom stereocenters. The smallest absolute Gasteiger partial charge is 0.305 e. The Balaban J connectivity index is 2.42. The molecule has 7 heteroatoms. The number of aliphatic carboxylic acids is 1. The predicted molar refractivity (Wildman–Crippen MR) is 88.0 cm³/mol. The summed E-state index contributed by atoms with van der Waals surface area (Å²) in [5, 5.41) is 9.43. The van der Waals surface area contributed by atoms with Crippen molar-refractivity contribution in [2.45, 2.75) is 33.1 Å². The average Bonchev–Trinajstić information content (AvgIpc) is 2.87. The zero-order valence-electron chi connectivity index (χ0n) is 13.3. The lowest BCUT2D eigenvalue weighted by molar-refractivity contribution is -0.137. The molecule has 2 aromatic heterocycles. The summed E-state index contributed by atoms with van der Waals surface area (Å²) in [7, 11) is 0. The van der Waals surface area contributed by atoms with E-state index in [2.05, 4.69) is 4.98 Å². The van der Waals surface area contributed by atoms with E-state index in [0.717, 1.165) is 6.42 Å². The molecule has 0 fully saturated rings. The number of nitrogens with zero attached hydrogens (tertiary/aromatic N) is 3. The fourth-order valence-electron chi connectivity index (χ4n) is 2.51. The number of carbonyl (C=O) groups is 2. The second-order valence-corrected chi connectivity index (χ2v) is 5.71. The van der Waals surface area contributed by atoms with Crippen LogP contribution in [0.4, 0.5) is 0 Å². The fourth-order valence-corrected chi connectivity index (χ4v) is 2.66. The molecule has 6 nitrogen and oxygen atoms in total. The van der Waals surface area contributed by atoms with Crippen molar-refractivity contribution in [3.05, 3.63) is 34.7 Å². The minimum Gasteiger partial charge on any atom is -0.481 e. The number of amides is 1. The van der Waals surface area contributed by atoms with E-state index in [-0.39, 0.29) is 18.9 Å². The first kappa shape index (κ1) is 17.3. The van der Waals surface area contributed by atoms with Crippen LogP contribution in [0.15, 0.2) is 18.3 Å². The average molecular weight is 338 g/mol. The summed E-state index contributed by atoms with van der Waals surface area (Å²) in [6, 6.07) is 3.41. The van der Waals surface area contributed by atoms with Gasteiger partial charge in [0.1, 0.15) is 11.3 Å². The highest BCUT2D eigenvalue weighted by atomic mass is 35.5. The van der Waals surface area contributed by atoms with Gasteiger partial charge in [-0.05, 0) is 18.9 Å². The molecule has 0 aliphatic heterocycles. The molecule has 0 aliphatic carbocycles. The number of imidazole rings is 1. The third-order valence-electron chi connectivity index (χ3n) is 3.57. The summed E-state index contributed by atoms with van der Waals surface area (Å²) >= 11 is 5.99. The van der Waals surface area contributed by atoms with E-state index < -0.39 is 5.97 Å². The van der Waals surface area contributed by atoms with Crippen LogP contribution < -0.4 is 0 Å². The molecule has 0 radical (unpaired) electrons. The first-order chi connectivity index (χ1) is 11.0. The Labute approximate surface area is 139 Å². The van der Waals surface area contributed by atoms with Crippen LogP contribution in [0.5, 0.6) is 0 Å². The molecule has 0 aromatic carbocycles. The van der Waals surface area contributed by atoms with E-state index in [0.29, 0.717) is 35.0 Å². The lowest BCUT2D eigenvalue weighted by Gasteiger charge is -2.21. The number of rotatable bonds is 7. The minimum atomic E-state index is -0.917. The number of aromatic nitrogens is 2. The summed E-state index contributed by atoms with van der Waals surface area (Å²) in [6.45, 7) is 4.58. The van der Waals surface area contributed by atoms with Crippen molar-refractivity contribution in [2.24, 2.45) is 0 Å². The molecule has 0 aliphatic rings. The second kappa shape index (κ2) is 7.46. The lowest BCUT2D eigenvalue weighted by atomic mass is 10.2. The Morgan fingerprint density at radius 1 is 1.35 bits per heavy atom. The molecule has 0 saturated carbocycles. The highest BCUT2D eigenvalue weighted by molar-refractivity contribution is 6.30. The van der Waals surface area contributed by atoms with Crippen LogP contribution in [0, 0.1) is 0 Å². The van der Waals surface area contributed by atoms with Gasteiger partial charge in [0.15, 0.2) is 0 Å². The molecule has 0 spiro atoms. The molecule has 0 bridgehead atoms. The molecule has 1 N–H and O–H groups in total. The van der Waals surface area contributed by atoms with Crippen LogP contribution in [0.3, 0.4) is 0 Å². The number of halogens is 1. The summed E-state index contributed by atoms with van der Waals surface area (Å²) in [5.41, 5.74) is 1.79. The van der Waals surface area contributed by atoms with Crippen LogP contribution in [0.2, 0.25) is 5.02 Å². The van der Waals surface area contributed by atoms with Crippen molar-refractivity contribution in [2.75, 3.05) is 13.1 Å². The zero-order valence-corrected chi connectivity index (χ0v) is 14.0. The number of fused-ring (bicyclic) bond motifs is 1. The van der Waals surface area contributed by atoms with Gasteiger partial charge in [0, 0.05) is 30.4 Å². The van der Waals surface area contributed by atoms with Gasteiger partial charge >= 0.3 is 5.97 Å². The number of hydrogen-bond acceptors (Lipinski definition) is 3. The minimum absolute atomic E-state index is 0.0736. The van der Waals surface area contributed by atoms with E-state index in [9.17, 15) is 9.59 Å². The van der Waals surface area contributed by atoms with Gasteiger partial charge in [0.25, 0.3) is 5.91 Å². The van der Waals surface area contributed by atoms with Gasteiger partial charge in [-0.15, -0.1) is 0 Å². The van der Waals surface area contributed by atoms with Gasteiger partial charge in [-0.2, -0.15) is 0 Å². The molecule has 2 heterocycles. The van der Waals surface area contributed by atoms with E-state index in [4.69, 9.17) is 16.7 Å². The van der Waals surface area contributed by atoms with Gasteiger partial charge < -0.3 is 10.0 Å². The lowest BCUT2D eigenvalue weighted by Crippen LogP contribution is -2.35. The Hall–Kier alpha value is -2.08. The van der Waals surface area contributed by atoms with Gasteiger partial charge in [-0.25, -0.2) is 4.98 Å². The Morgan fingerprint density at radius 3 is 2.70 bits per heavy atom. The quantitative estimate of drug-likeness (QED) is 0.843. The van der Waals surface area contributed by atoms with Crippen LogP contribution in [0.25, 0.3) is 5.65 Å². The maximum absolute atomic E-state index is 12.9. The highest BCUT2D eigenvalue weighted by Gasteiger charge is 2.23. The Bertz CT molecular complexity index is 727. The maximum atomic E-state index is 12.9. The standard InChI is InChI=1S/C16H20ClN3O3/c1-3-7-19(8-6-14(21)22)16(23)15-12(4-2)18-13-10-11(17)5-9-20(13)15/h5,9-10H,3-4,6-8H2,1-2H3,(H,21,22). The molecule has 2 aromatic rings. The number of pyridine rings is 1. The molecular weight excluding hydrogens is 318 g/mol. The topological polar surface area (TPSA) is 74.9 Å². The molecule has 23 heavy (non-hydrogen) atoms. The van der Waals surface area contributed by atoms with Crippen LogP contribution in [-0.2, 0) is 11.2 Å². The van der Waals surface area contributed by atoms with Crippen molar-refractivity contribution in [3.8, 4) is 0 Å². The number of carbonyl (C=O) groups excluding carboxylic acids is 1. The number of carboxylic acids is 1. The second-order valence-electron chi connectivity index (χ2n) is 5.27. The van der Waals surface area contributed by atoms with Crippen LogP contribution in [0.1, 0.15) is 42.9 Å². The number of aryl methyl sites for hydroxylation is 1. The van der Waals surface area contributed by atoms with Gasteiger partial charge in [0.05, 0.1) is 12.1 Å². The summed E-state index contributed by atoms with van der Waals surface area (Å²) in [6.07, 6.45) is 3.02. The molecule has 0 unspecified atom stereocenters. The van der Waals surface area contributed by atoms with E-state index >= 15 is 0 Å². The van der Waals surface area contributed by atoms with Gasteiger partial charge in [-0.1, -0.05) is 25.4 Å². The van der Waals surface area contributed by atoms with Gasteiger partial charge in [0.2, 0.25) is 0 Å². The first-order valence-corrected chi connectivity index (χ1v) is 8.03. The zero-order chi connectivity index (χ0) is 17.0. The summed E-state index contributed by atoms with van der Waals surface area (Å²) in [5.74, 6) is -1.11. The molecule has 0 saturated heterocycles. The summed E-state index contributed by atoms with van der Waals surface area (Å²) in [4.78, 5) is 29.8. The van der Waals surface area contributed by atoms with Crippen LogP contribution >= 0.6 is 11.6 Å². The van der Waals surface area contributed by atoms with E-state index in [1.807, 2.05) is 13.8 Å². The van der Waals surface area contributed by atoms with Crippen LogP contribution in [-0.4, -0.2) is 44.4 Å². The maximum Gasteiger partial charge on any atom is 0.305 e. The summed E-state index contributed by atoms with van der Waals surface area (Å²) < 4.78 is 1.72. The third kappa shape index (κ3) is 3.82. The third-order valence-corrected chi connectivity index (χ3v) is 3.81. The van der Waals surface area contributed by atoms with Crippen molar-refractivity contribution in [3.63, 3.8) is 0 Å². The number of hydrogen-bond donors (Lipinski definition) is 1. The fraction of sp³-hybridized carbons (Fsp3) is 0.438. The number of carboxylic acid groups (broad SMARTS) is 1. The van der Waals surface area contributed by atoms with Crippen molar-refractivity contribution in [1.29, 1.82) is 0 Å². The predicted octanol–water partition coefficient (Wildman–Crippen LogP) is 2.88. The Morgan fingerprint density at radius 2 is 2.09 bits per heavy atom. The molecule has 124 valence electrons. The van der Waals surface area contributed by atoms with Crippen molar-refractivity contribution in [1.82, 2.24) is 14.3 Å². The largest absolute Gasteiger partial charge is 0.481 e. The molecule has 1 amide bonds. The van der Waals surface area contributed by atoms with Crippen molar-refractivity contribution < 1.29 is 14.7 Å². The molecular formula is C16H20ClN3O3. The van der Waals surface area contributed by atoms with E-state index in [1.165, 1.54) is 0 Å². The monoisotopic (exact) mass is 337 g/mol. The molecule has 2 rings (SSSR count). The van der Waals surface area contributed by atoms with E-state index in [1.54, 1.807) is 27.6 Å². The van der Waals surface area contributed by atoms with Crippen molar-refractivity contribution >= 4 is 29.1 Å². The van der Waals surface area contributed by atoms with Gasteiger partial charge in [-0.3, -0.25) is 14.0 Å². The first-order valence-electron chi connectivity index (χ1n) is 7.65. The normalized spacial score (nSPS) is 10.9. The highest BCUT2D eigenvalue weighted by Crippen LogP contribution is 2.19.